The average Bonchev–Trinajstić information content (AvgIpc) is 2.73. The lowest BCUT2D eigenvalue weighted by atomic mass is 10.1. The van der Waals surface area contributed by atoms with Gasteiger partial charge in [-0.2, -0.15) is 10.1 Å². The molecule has 7 nitrogen and oxygen atoms in total. The monoisotopic (exact) mass is 292 g/mol. The van der Waals surface area contributed by atoms with E-state index in [2.05, 4.69) is 28.9 Å². The van der Waals surface area contributed by atoms with Crippen LogP contribution in [0.5, 0.6) is 5.88 Å². The number of rotatable bonds is 6. The topological polar surface area (TPSA) is 90.1 Å². The van der Waals surface area contributed by atoms with Crippen molar-refractivity contribution in [3.05, 3.63) is 11.4 Å². The summed E-state index contributed by atoms with van der Waals surface area (Å²) in [6, 6.07) is 0. The zero-order valence-electron chi connectivity index (χ0n) is 12.8. The number of carboxylic acid groups (broad SMARTS) is 1. The van der Waals surface area contributed by atoms with E-state index in [1.807, 2.05) is 6.92 Å². The van der Waals surface area contributed by atoms with Crippen molar-refractivity contribution >= 4 is 17.1 Å². The summed E-state index contributed by atoms with van der Waals surface area (Å²) in [6.45, 7) is 8.93. The summed E-state index contributed by atoms with van der Waals surface area (Å²) in [5.74, 6) is -0.615. The Balaban J connectivity index is 2.45. The highest BCUT2D eigenvalue weighted by Gasteiger charge is 2.20. The lowest BCUT2D eigenvalue weighted by Crippen LogP contribution is -2.11. The zero-order valence-corrected chi connectivity index (χ0v) is 12.8. The van der Waals surface area contributed by atoms with Crippen LogP contribution < -0.4 is 4.74 Å². The summed E-state index contributed by atoms with van der Waals surface area (Å²) in [6.07, 6.45) is 0.824. The number of aromatic nitrogens is 4. The molecule has 2 aromatic rings. The van der Waals surface area contributed by atoms with Crippen LogP contribution >= 0.6 is 0 Å². The van der Waals surface area contributed by atoms with Crippen molar-refractivity contribution in [2.75, 3.05) is 6.61 Å². The number of fused-ring (bicyclic) bond motifs is 1. The minimum Gasteiger partial charge on any atom is -0.476 e. The van der Waals surface area contributed by atoms with Gasteiger partial charge in [0.2, 0.25) is 11.6 Å². The molecule has 0 fully saturated rings. The largest absolute Gasteiger partial charge is 0.476 e. The van der Waals surface area contributed by atoms with Crippen LogP contribution in [0.2, 0.25) is 0 Å². The smallest absolute Gasteiger partial charge is 0.360 e. The van der Waals surface area contributed by atoms with Crippen molar-refractivity contribution in [2.24, 2.45) is 5.92 Å². The molecule has 1 N–H and O–H groups in total. The van der Waals surface area contributed by atoms with E-state index in [1.54, 1.807) is 11.6 Å². The van der Waals surface area contributed by atoms with Crippen molar-refractivity contribution in [2.45, 2.75) is 40.7 Å². The maximum Gasteiger partial charge on any atom is 0.360 e. The summed E-state index contributed by atoms with van der Waals surface area (Å²) in [5, 5.41) is 13.6. The van der Waals surface area contributed by atoms with Crippen molar-refractivity contribution in [3.63, 3.8) is 0 Å². The van der Waals surface area contributed by atoms with Crippen molar-refractivity contribution in [1.82, 2.24) is 19.7 Å². The van der Waals surface area contributed by atoms with Crippen LogP contribution in [0.3, 0.4) is 0 Å². The average molecular weight is 292 g/mol. The minimum absolute atomic E-state index is 0.0604. The molecule has 0 aliphatic rings. The third kappa shape index (κ3) is 3.12. The fourth-order valence-corrected chi connectivity index (χ4v) is 1.96. The molecule has 0 radical (unpaired) electrons. The Morgan fingerprint density at radius 1 is 1.38 bits per heavy atom. The standard InChI is InChI=1S/C14H20N4O3/c1-5-18-12-10(9(4)17-18)15-11(14(19)20)13(16-12)21-7-6-8(2)3/h8H,5-7H2,1-4H3,(H,19,20). The fraction of sp³-hybridized carbons (Fsp3) is 0.571. The summed E-state index contributed by atoms with van der Waals surface area (Å²) in [4.78, 5) is 19.8. The number of carbonyl (C=O) groups is 1. The van der Waals surface area contributed by atoms with Gasteiger partial charge < -0.3 is 9.84 Å². The van der Waals surface area contributed by atoms with Crippen molar-refractivity contribution in [1.29, 1.82) is 0 Å². The van der Waals surface area contributed by atoms with Gasteiger partial charge in [-0.15, -0.1) is 0 Å². The van der Waals surface area contributed by atoms with E-state index >= 15 is 0 Å². The van der Waals surface area contributed by atoms with Crippen LogP contribution in [0.4, 0.5) is 0 Å². The van der Waals surface area contributed by atoms with Crippen molar-refractivity contribution < 1.29 is 14.6 Å². The lowest BCUT2D eigenvalue weighted by molar-refractivity contribution is 0.0684. The van der Waals surface area contributed by atoms with Gasteiger partial charge in [0.05, 0.1) is 12.3 Å². The van der Waals surface area contributed by atoms with E-state index < -0.39 is 5.97 Å². The summed E-state index contributed by atoms with van der Waals surface area (Å²) >= 11 is 0. The first-order chi connectivity index (χ1) is 9.93. The molecule has 0 saturated heterocycles. The Morgan fingerprint density at radius 3 is 2.67 bits per heavy atom. The summed E-state index contributed by atoms with van der Waals surface area (Å²) in [5.41, 5.74) is 1.56. The van der Waals surface area contributed by atoms with E-state index in [0.717, 1.165) is 6.42 Å². The van der Waals surface area contributed by atoms with Gasteiger partial charge in [-0.05, 0) is 26.2 Å². The van der Waals surface area contributed by atoms with Crippen LogP contribution in [0, 0.1) is 12.8 Å². The minimum atomic E-state index is -1.15. The molecule has 114 valence electrons. The van der Waals surface area contributed by atoms with Crippen molar-refractivity contribution in [3.8, 4) is 5.88 Å². The molecule has 7 heteroatoms. The number of aryl methyl sites for hydroxylation is 2. The lowest BCUT2D eigenvalue weighted by Gasteiger charge is -2.09. The first kappa shape index (κ1) is 15.2. The highest BCUT2D eigenvalue weighted by Crippen LogP contribution is 2.21. The Kier molecular flexibility index (Phi) is 4.40. The molecule has 0 bridgehead atoms. The molecule has 2 rings (SSSR count). The second kappa shape index (κ2) is 6.07. The third-order valence-electron chi connectivity index (χ3n) is 3.14. The van der Waals surface area contributed by atoms with Gasteiger partial charge in [0.25, 0.3) is 0 Å². The van der Waals surface area contributed by atoms with E-state index in [-0.39, 0.29) is 11.6 Å². The summed E-state index contributed by atoms with van der Waals surface area (Å²) < 4.78 is 7.22. The number of hydrogen-bond donors (Lipinski definition) is 1. The molecule has 0 saturated carbocycles. The molecule has 0 aliphatic heterocycles. The Bertz CT molecular complexity index is 664. The normalized spacial score (nSPS) is 11.3. The highest BCUT2D eigenvalue weighted by atomic mass is 16.5. The zero-order chi connectivity index (χ0) is 15.6. The van der Waals surface area contributed by atoms with E-state index in [1.165, 1.54) is 0 Å². The van der Waals surface area contributed by atoms with E-state index in [9.17, 15) is 9.90 Å². The SMILES string of the molecule is CCn1nc(C)c2nc(C(=O)O)c(OCCC(C)C)nc21. The van der Waals surface area contributed by atoms with Gasteiger partial charge >= 0.3 is 5.97 Å². The molecule has 0 aliphatic carbocycles. The molecule has 2 aromatic heterocycles. The number of ether oxygens (including phenoxy) is 1. The molecular formula is C14H20N4O3. The second-order valence-corrected chi connectivity index (χ2v) is 5.29. The van der Waals surface area contributed by atoms with Crippen LogP contribution in [-0.4, -0.2) is 37.4 Å². The van der Waals surface area contributed by atoms with Gasteiger partial charge in [0.1, 0.15) is 5.52 Å². The molecule has 0 atom stereocenters. The number of aromatic carboxylic acids is 1. The van der Waals surface area contributed by atoms with E-state index in [4.69, 9.17) is 4.74 Å². The number of hydrogen-bond acceptors (Lipinski definition) is 5. The Hall–Kier alpha value is -2.18. The molecular weight excluding hydrogens is 272 g/mol. The fourth-order valence-electron chi connectivity index (χ4n) is 1.96. The summed E-state index contributed by atoms with van der Waals surface area (Å²) in [7, 11) is 0. The van der Waals surface area contributed by atoms with Gasteiger partial charge in [-0.3, -0.25) is 0 Å². The first-order valence-corrected chi connectivity index (χ1v) is 7.05. The number of nitrogens with zero attached hydrogens (tertiary/aromatic N) is 4. The van der Waals surface area contributed by atoms with Crippen LogP contribution in [0.15, 0.2) is 0 Å². The number of carboxylic acids is 1. The molecule has 0 spiro atoms. The predicted molar refractivity (Wildman–Crippen MR) is 77.6 cm³/mol. The van der Waals surface area contributed by atoms with Gasteiger partial charge in [-0.1, -0.05) is 13.8 Å². The van der Waals surface area contributed by atoms with Crippen LogP contribution in [-0.2, 0) is 6.54 Å². The Morgan fingerprint density at radius 2 is 2.10 bits per heavy atom. The van der Waals surface area contributed by atoms with Gasteiger partial charge in [-0.25, -0.2) is 14.5 Å². The highest BCUT2D eigenvalue weighted by molar-refractivity contribution is 5.90. The van der Waals surface area contributed by atoms with Crippen LogP contribution in [0.25, 0.3) is 11.2 Å². The first-order valence-electron chi connectivity index (χ1n) is 7.05. The second-order valence-electron chi connectivity index (χ2n) is 5.29. The Labute approximate surface area is 123 Å². The predicted octanol–water partition coefficient (Wildman–Crippen LogP) is 2.28. The molecule has 0 amide bonds. The third-order valence-corrected chi connectivity index (χ3v) is 3.14. The molecule has 0 aromatic carbocycles. The van der Waals surface area contributed by atoms with E-state index in [0.29, 0.717) is 35.9 Å². The quantitative estimate of drug-likeness (QED) is 0.878. The maximum absolute atomic E-state index is 11.3. The molecule has 21 heavy (non-hydrogen) atoms. The maximum atomic E-state index is 11.3. The molecule has 0 unspecified atom stereocenters. The van der Waals surface area contributed by atoms with Crippen LogP contribution in [0.1, 0.15) is 43.4 Å². The van der Waals surface area contributed by atoms with Gasteiger partial charge in [0, 0.05) is 6.54 Å². The van der Waals surface area contributed by atoms with Gasteiger partial charge in [0.15, 0.2) is 5.65 Å². The molecule has 2 heterocycles.